The first-order valence-electron chi connectivity index (χ1n) is 12.7. The molecule has 0 aliphatic rings. The van der Waals surface area contributed by atoms with Gasteiger partial charge in [0.05, 0.1) is 11.0 Å². The molecule has 39 heavy (non-hydrogen) atoms. The zero-order chi connectivity index (χ0) is 26.9. The highest BCUT2D eigenvalue weighted by atomic mass is 16.4. The Bertz CT molecular complexity index is 1840. The van der Waals surface area contributed by atoms with E-state index in [4.69, 9.17) is 0 Å². The van der Waals surface area contributed by atoms with Gasteiger partial charge in [-0.25, -0.2) is 0 Å². The van der Waals surface area contributed by atoms with Crippen LogP contribution in [0.3, 0.4) is 0 Å². The van der Waals surface area contributed by atoms with Gasteiger partial charge in [0.25, 0.3) is 0 Å². The lowest BCUT2D eigenvalue weighted by Crippen LogP contribution is -2.33. The monoisotopic (exact) mass is 509 g/mol. The van der Waals surface area contributed by atoms with Crippen LogP contribution in [0, 0.1) is 0 Å². The smallest absolute Gasteiger partial charge is 0.423 e. The van der Waals surface area contributed by atoms with E-state index in [9.17, 15) is 19.6 Å². The minimum atomic E-state index is -1.63. The summed E-state index contributed by atoms with van der Waals surface area (Å²) in [6.07, 6.45) is 2.05. The Morgan fingerprint density at radius 1 is 0.641 bits per heavy atom. The summed E-state index contributed by atoms with van der Waals surface area (Å²) in [5.41, 5.74) is 8.41. The minimum Gasteiger partial charge on any atom is -0.423 e. The van der Waals surface area contributed by atoms with Gasteiger partial charge in [-0.05, 0) is 70.5 Å². The number of fused-ring (bicyclic) bond motifs is 3. The predicted molar refractivity (Wildman–Crippen MR) is 156 cm³/mol. The molecule has 0 aliphatic heterocycles. The second kappa shape index (κ2) is 10.2. The average Bonchev–Trinajstić information content (AvgIpc) is 3.30. The van der Waals surface area contributed by atoms with Gasteiger partial charge in [-0.15, -0.1) is 0 Å². The molecule has 0 amide bonds. The number of aldehydes is 2. The number of carbonyl (C=O) groups is 2. The molecule has 6 heteroatoms. The van der Waals surface area contributed by atoms with Gasteiger partial charge in [-0.2, -0.15) is 0 Å². The van der Waals surface area contributed by atoms with E-state index >= 15 is 0 Å². The van der Waals surface area contributed by atoms with Gasteiger partial charge < -0.3 is 14.6 Å². The van der Waals surface area contributed by atoms with Crippen molar-refractivity contribution >= 4 is 47.0 Å². The third-order valence-corrected chi connectivity index (χ3v) is 7.20. The van der Waals surface area contributed by atoms with E-state index < -0.39 is 7.12 Å². The van der Waals surface area contributed by atoms with Gasteiger partial charge in [0, 0.05) is 27.6 Å². The van der Waals surface area contributed by atoms with Crippen LogP contribution in [0.5, 0.6) is 0 Å². The van der Waals surface area contributed by atoms with Crippen LogP contribution in [0.15, 0.2) is 109 Å². The molecule has 0 fully saturated rings. The SMILES string of the molecule is O=Cc1ccc(-c2ccc3c(c2)c2ccc(Cc4cc(C=O)ccc4B(O)O)cc2n3-c2ccccc2)cc1. The molecule has 0 unspecified atom stereocenters. The molecule has 5 nitrogen and oxygen atoms in total. The molecule has 0 spiro atoms. The lowest BCUT2D eigenvalue weighted by atomic mass is 9.75. The molecule has 2 N–H and O–H groups in total. The molecule has 0 saturated carbocycles. The Kier molecular flexibility index (Phi) is 6.41. The largest absolute Gasteiger partial charge is 0.488 e. The summed E-state index contributed by atoms with van der Waals surface area (Å²) in [5, 5.41) is 22.0. The molecule has 0 atom stereocenters. The first-order valence-corrected chi connectivity index (χ1v) is 12.7. The maximum Gasteiger partial charge on any atom is 0.488 e. The van der Waals surface area contributed by atoms with Crippen LogP contribution in [0.25, 0.3) is 38.6 Å². The van der Waals surface area contributed by atoms with E-state index in [2.05, 4.69) is 47.0 Å². The number of para-hydroxylation sites is 1. The van der Waals surface area contributed by atoms with Crippen LogP contribution in [0.1, 0.15) is 31.8 Å². The zero-order valence-electron chi connectivity index (χ0n) is 21.0. The molecule has 1 aromatic heterocycles. The first-order chi connectivity index (χ1) is 19.1. The molecule has 0 saturated heterocycles. The van der Waals surface area contributed by atoms with Crippen molar-refractivity contribution in [3.8, 4) is 16.8 Å². The lowest BCUT2D eigenvalue weighted by molar-refractivity contribution is 0.111. The molecule has 188 valence electrons. The third kappa shape index (κ3) is 4.57. The highest BCUT2D eigenvalue weighted by Gasteiger charge is 2.18. The highest BCUT2D eigenvalue weighted by Crippen LogP contribution is 2.35. The van der Waals surface area contributed by atoms with Gasteiger partial charge >= 0.3 is 7.12 Å². The Morgan fingerprint density at radius 3 is 2.08 bits per heavy atom. The predicted octanol–water partition coefficient (Wildman–Crippen LogP) is 5.35. The molecule has 6 rings (SSSR count). The van der Waals surface area contributed by atoms with Gasteiger partial charge in [-0.1, -0.05) is 72.8 Å². The van der Waals surface area contributed by atoms with Crippen LogP contribution < -0.4 is 5.46 Å². The van der Waals surface area contributed by atoms with Crippen LogP contribution >= 0.6 is 0 Å². The molecular weight excluding hydrogens is 485 g/mol. The molecule has 5 aromatic carbocycles. The molecule has 6 aromatic rings. The Labute approximate surface area is 225 Å². The van der Waals surface area contributed by atoms with Crippen molar-refractivity contribution in [3.05, 3.63) is 131 Å². The fourth-order valence-corrected chi connectivity index (χ4v) is 5.29. The van der Waals surface area contributed by atoms with Crippen molar-refractivity contribution in [2.45, 2.75) is 6.42 Å². The van der Waals surface area contributed by atoms with Crippen molar-refractivity contribution in [2.24, 2.45) is 0 Å². The Morgan fingerprint density at radius 2 is 1.36 bits per heavy atom. The van der Waals surface area contributed by atoms with Crippen LogP contribution in [0.4, 0.5) is 0 Å². The van der Waals surface area contributed by atoms with Gasteiger partial charge in [0.1, 0.15) is 12.6 Å². The standard InChI is InChI=1S/C33H24BNO4/c36-20-22-6-10-25(11-7-22)26-12-15-32-30(19-26)29-13-8-23(18-33(29)35(32)28-4-2-1-3-5-28)16-27-17-24(21-37)9-14-31(27)34(38)39/h1-15,17-21,38-39H,16H2. The average molecular weight is 509 g/mol. The summed E-state index contributed by atoms with van der Waals surface area (Å²) < 4.78 is 2.23. The fourth-order valence-electron chi connectivity index (χ4n) is 5.29. The van der Waals surface area contributed by atoms with Crippen molar-refractivity contribution in [1.29, 1.82) is 0 Å². The van der Waals surface area contributed by atoms with Crippen molar-refractivity contribution in [1.82, 2.24) is 4.57 Å². The van der Waals surface area contributed by atoms with Crippen molar-refractivity contribution in [3.63, 3.8) is 0 Å². The summed E-state index contributed by atoms with van der Waals surface area (Å²) in [4.78, 5) is 22.5. The number of nitrogens with zero attached hydrogens (tertiary/aromatic N) is 1. The number of carbonyl (C=O) groups excluding carboxylic acids is 2. The first kappa shape index (κ1) is 24.6. The summed E-state index contributed by atoms with van der Waals surface area (Å²) in [6.45, 7) is 0. The van der Waals surface area contributed by atoms with E-state index in [1.165, 1.54) is 0 Å². The van der Waals surface area contributed by atoms with Crippen molar-refractivity contribution < 1.29 is 19.6 Å². The number of aromatic nitrogens is 1. The van der Waals surface area contributed by atoms with Crippen LogP contribution in [0.2, 0.25) is 0 Å². The van der Waals surface area contributed by atoms with Crippen LogP contribution in [-0.4, -0.2) is 34.3 Å². The second-order valence-electron chi connectivity index (χ2n) is 9.62. The van der Waals surface area contributed by atoms with Crippen LogP contribution in [-0.2, 0) is 6.42 Å². The lowest BCUT2D eigenvalue weighted by Gasteiger charge is -2.11. The van der Waals surface area contributed by atoms with E-state index in [0.29, 0.717) is 28.6 Å². The number of hydrogen-bond acceptors (Lipinski definition) is 4. The molecule has 0 radical (unpaired) electrons. The van der Waals surface area contributed by atoms with Crippen molar-refractivity contribution in [2.75, 3.05) is 0 Å². The van der Waals surface area contributed by atoms with E-state index in [-0.39, 0.29) is 0 Å². The summed E-state index contributed by atoms with van der Waals surface area (Å²) in [7, 11) is -1.63. The number of benzene rings is 5. The van der Waals surface area contributed by atoms with E-state index in [1.807, 2.05) is 48.5 Å². The highest BCUT2D eigenvalue weighted by molar-refractivity contribution is 6.59. The maximum absolute atomic E-state index is 11.4. The Balaban J connectivity index is 1.53. The molecule has 0 bridgehead atoms. The van der Waals surface area contributed by atoms with E-state index in [0.717, 1.165) is 56.8 Å². The molecule has 1 heterocycles. The fraction of sp³-hybridized carbons (Fsp3) is 0.0303. The Hall–Kier alpha value is -4.78. The van der Waals surface area contributed by atoms with Gasteiger partial charge in [0.15, 0.2) is 0 Å². The third-order valence-electron chi connectivity index (χ3n) is 7.20. The summed E-state index contributed by atoms with van der Waals surface area (Å²) in [5.74, 6) is 0. The number of hydrogen-bond donors (Lipinski definition) is 2. The molecular formula is C33H24BNO4. The summed E-state index contributed by atoms with van der Waals surface area (Å²) in [6, 6.07) is 35.3. The molecule has 0 aliphatic carbocycles. The summed E-state index contributed by atoms with van der Waals surface area (Å²) >= 11 is 0. The topological polar surface area (TPSA) is 79.5 Å². The number of rotatable bonds is 7. The van der Waals surface area contributed by atoms with E-state index in [1.54, 1.807) is 18.2 Å². The maximum atomic E-state index is 11.4. The van der Waals surface area contributed by atoms with Gasteiger partial charge in [0.2, 0.25) is 0 Å². The normalized spacial score (nSPS) is 11.1. The quantitative estimate of drug-likeness (QED) is 0.225. The van der Waals surface area contributed by atoms with Gasteiger partial charge in [-0.3, -0.25) is 9.59 Å². The second-order valence-corrected chi connectivity index (χ2v) is 9.62. The zero-order valence-corrected chi connectivity index (χ0v) is 21.0. The minimum absolute atomic E-state index is 0.384.